The first-order chi connectivity index (χ1) is 5.30. The molecule has 1 N–H and O–H groups in total. The van der Waals surface area contributed by atoms with E-state index in [1.165, 1.54) is 0 Å². The summed E-state index contributed by atoms with van der Waals surface area (Å²) >= 11 is 1.57. The fourth-order valence-corrected chi connectivity index (χ4v) is 1.70. The monoisotopic (exact) mass is 171 g/mol. The topological polar surface area (TPSA) is 29.1 Å². The number of carbonyl (C=O) groups is 1. The van der Waals surface area contributed by atoms with E-state index in [0.29, 0.717) is 0 Å². The lowest BCUT2D eigenvalue weighted by Gasteiger charge is -2.11. The van der Waals surface area contributed by atoms with Crippen molar-refractivity contribution in [2.24, 2.45) is 5.92 Å². The van der Waals surface area contributed by atoms with Crippen LogP contribution in [0.15, 0.2) is 11.5 Å². The van der Waals surface area contributed by atoms with E-state index in [1.54, 1.807) is 18.9 Å². The number of ketones is 1. The Morgan fingerprint density at radius 3 is 3.27 bits per heavy atom. The molecule has 0 saturated heterocycles. The molecule has 0 aromatic rings. The minimum atomic E-state index is 0.157. The molecule has 0 radical (unpaired) electrons. The van der Waals surface area contributed by atoms with Crippen LogP contribution < -0.4 is 4.72 Å². The van der Waals surface area contributed by atoms with Crippen LogP contribution in [0.3, 0.4) is 0 Å². The van der Waals surface area contributed by atoms with Gasteiger partial charge in [0.05, 0.1) is 0 Å². The Labute approximate surface area is 71.6 Å². The maximum absolute atomic E-state index is 11.0. The third-order valence-electron chi connectivity index (χ3n) is 1.78. The van der Waals surface area contributed by atoms with Gasteiger partial charge in [-0.05, 0) is 25.2 Å². The summed E-state index contributed by atoms with van der Waals surface area (Å²) in [5.41, 5.74) is 0. The fourth-order valence-electron chi connectivity index (χ4n) is 1.07. The minimum absolute atomic E-state index is 0.157. The third kappa shape index (κ3) is 3.08. The lowest BCUT2D eigenvalue weighted by Crippen LogP contribution is -2.14. The number of rotatable bonds is 1. The first-order valence-electron chi connectivity index (χ1n) is 3.86. The normalized spacial score (nSPS) is 28.6. The maximum atomic E-state index is 11.0. The molecule has 3 heteroatoms. The molecule has 1 rings (SSSR count). The molecule has 0 aliphatic carbocycles. The predicted octanol–water partition coefficient (Wildman–Crippen LogP) is 1.74. The van der Waals surface area contributed by atoms with Crippen LogP contribution in [-0.4, -0.2) is 12.3 Å². The lowest BCUT2D eigenvalue weighted by atomic mass is 10.00. The van der Waals surface area contributed by atoms with Gasteiger partial charge in [0.2, 0.25) is 0 Å². The average molecular weight is 171 g/mol. The second-order valence-electron chi connectivity index (χ2n) is 2.70. The molecular weight excluding hydrogens is 158 g/mol. The van der Waals surface area contributed by atoms with Crippen LogP contribution in [0.25, 0.3) is 0 Å². The summed E-state index contributed by atoms with van der Waals surface area (Å²) in [4.78, 5) is 11.0. The van der Waals surface area contributed by atoms with Crippen molar-refractivity contribution in [3.05, 3.63) is 11.5 Å². The van der Waals surface area contributed by atoms with E-state index in [9.17, 15) is 4.79 Å². The van der Waals surface area contributed by atoms with Gasteiger partial charge in [0, 0.05) is 12.5 Å². The van der Waals surface area contributed by atoms with Gasteiger partial charge in [-0.1, -0.05) is 18.0 Å². The number of hydrogen-bond acceptors (Lipinski definition) is 3. The van der Waals surface area contributed by atoms with Crippen LogP contribution in [0, 0.1) is 5.92 Å². The highest BCUT2D eigenvalue weighted by molar-refractivity contribution is 8.00. The molecule has 1 aliphatic heterocycles. The van der Waals surface area contributed by atoms with E-state index in [2.05, 4.69) is 4.72 Å². The Kier molecular flexibility index (Phi) is 3.66. The molecule has 0 aromatic heterocycles. The molecular formula is C8H13NOS. The van der Waals surface area contributed by atoms with Crippen molar-refractivity contribution in [2.75, 3.05) is 6.54 Å². The minimum Gasteiger partial charge on any atom is -0.299 e. The van der Waals surface area contributed by atoms with Crippen LogP contribution in [0.5, 0.6) is 0 Å². The standard InChI is InChI=1S/C8H13NOS/c1-7(10)8-3-2-5-9-11-6-4-8/h4,6,8-9H,2-3,5H2,1H3/b6-4-. The van der Waals surface area contributed by atoms with Crippen molar-refractivity contribution in [2.45, 2.75) is 19.8 Å². The largest absolute Gasteiger partial charge is 0.299 e. The summed E-state index contributed by atoms with van der Waals surface area (Å²) in [5, 5.41) is 1.96. The summed E-state index contributed by atoms with van der Waals surface area (Å²) in [6.45, 7) is 2.66. The van der Waals surface area contributed by atoms with Crippen molar-refractivity contribution < 1.29 is 4.79 Å². The molecule has 1 aliphatic rings. The number of hydrogen-bond donors (Lipinski definition) is 1. The van der Waals surface area contributed by atoms with Crippen molar-refractivity contribution in [1.29, 1.82) is 0 Å². The number of carbonyl (C=O) groups excluding carboxylic acids is 1. The van der Waals surface area contributed by atoms with Gasteiger partial charge in [0.25, 0.3) is 0 Å². The summed E-state index contributed by atoms with van der Waals surface area (Å²) in [5.74, 6) is 0.438. The molecule has 0 aromatic carbocycles. The highest BCUT2D eigenvalue weighted by atomic mass is 32.2. The molecule has 2 nitrogen and oxygen atoms in total. The second-order valence-corrected chi connectivity index (χ2v) is 3.50. The number of Topliss-reactive ketones (excluding diaryl/α,β-unsaturated/α-hetero) is 1. The summed E-state index contributed by atoms with van der Waals surface area (Å²) in [6.07, 6.45) is 4.06. The van der Waals surface area contributed by atoms with E-state index in [0.717, 1.165) is 19.4 Å². The quantitative estimate of drug-likeness (QED) is 0.609. The molecule has 0 spiro atoms. The van der Waals surface area contributed by atoms with E-state index >= 15 is 0 Å². The van der Waals surface area contributed by atoms with Gasteiger partial charge in [-0.3, -0.25) is 9.52 Å². The van der Waals surface area contributed by atoms with Crippen molar-refractivity contribution >= 4 is 17.7 Å². The molecule has 1 unspecified atom stereocenters. The Morgan fingerprint density at radius 1 is 1.73 bits per heavy atom. The van der Waals surface area contributed by atoms with E-state index in [-0.39, 0.29) is 11.7 Å². The van der Waals surface area contributed by atoms with Gasteiger partial charge in [-0.2, -0.15) is 0 Å². The summed E-state index contributed by atoms with van der Waals surface area (Å²) in [7, 11) is 0. The smallest absolute Gasteiger partial charge is 0.136 e. The molecule has 62 valence electrons. The zero-order valence-corrected chi connectivity index (χ0v) is 7.49. The van der Waals surface area contributed by atoms with Crippen LogP contribution in [0.2, 0.25) is 0 Å². The highest BCUT2D eigenvalue weighted by Crippen LogP contribution is 2.14. The molecule has 0 amide bonds. The molecule has 0 fully saturated rings. The van der Waals surface area contributed by atoms with Gasteiger partial charge < -0.3 is 0 Å². The lowest BCUT2D eigenvalue weighted by molar-refractivity contribution is -0.119. The van der Waals surface area contributed by atoms with Crippen molar-refractivity contribution in [3.8, 4) is 0 Å². The van der Waals surface area contributed by atoms with Gasteiger partial charge >= 0.3 is 0 Å². The maximum Gasteiger partial charge on any atom is 0.136 e. The van der Waals surface area contributed by atoms with Gasteiger partial charge in [0.1, 0.15) is 5.78 Å². The molecule has 0 saturated carbocycles. The number of allylic oxidation sites excluding steroid dienone is 1. The Morgan fingerprint density at radius 2 is 2.55 bits per heavy atom. The van der Waals surface area contributed by atoms with Gasteiger partial charge in [-0.15, -0.1) is 0 Å². The second kappa shape index (κ2) is 4.57. The molecule has 1 atom stereocenters. The Hall–Kier alpha value is -0.280. The van der Waals surface area contributed by atoms with E-state index in [1.807, 2.05) is 11.5 Å². The number of nitrogens with one attached hydrogen (secondary N) is 1. The van der Waals surface area contributed by atoms with E-state index in [4.69, 9.17) is 0 Å². The van der Waals surface area contributed by atoms with Crippen LogP contribution in [-0.2, 0) is 4.79 Å². The van der Waals surface area contributed by atoms with Gasteiger partial charge in [0.15, 0.2) is 0 Å². The zero-order valence-electron chi connectivity index (χ0n) is 6.67. The summed E-state index contributed by atoms with van der Waals surface area (Å²) in [6, 6.07) is 0. The SMILES string of the molecule is CC(=O)C1/C=C\SNCCC1. The van der Waals surface area contributed by atoms with Crippen LogP contribution in [0.1, 0.15) is 19.8 Å². The predicted molar refractivity (Wildman–Crippen MR) is 48.1 cm³/mol. The van der Waals surface area contributed by atoms with Crippen LogP contribution >= 0.6 is 11.9 Å². The van der Waals surface area contributed by atoms with Crippen molar-refractivity contribution in [1.82, 2.24) is 4.72 Å². The summed E-state index contributed by atoms with van der Waals surface area (Å²) < 4.78 is 3.17. The van der Waals surface area contributed by atoms with Gasteiger partial charge in [-0.25, -0.2) is 0 Å². The first-order valence-corrected chi connectivity index (χ1v) is 4.74. The molecule has 11 heavy (non-hydrogen) atoms. The fraction of sp³-hybridized carbons (Fsp3) is 0.625. The molecule has 1 heterocycles. The van der Waals surface area contributed by atoms with Crippen molar-refractivity contribution in [3.63, 3.8) is 0 Å². The molecule has 0 bridgehead atoms. The Bertz CT molecular complexity index is 167. The Balaban J connectivity index is 2.48. The average Bonchev–Trinajstić information content (AvgIpc) is 1.84. The first kappa shape index (κ1) is 8.81. The highest BCUT2D eigenvalue weighted by Gasteiger charge is 2.10. The van der Waals surface area contributed by atoms with Crippen LogP contribution in [0.4, 0.5) is 0 Å². The zero-order chi connectivity index (χ0) is 8.10. The van der Waals surface area contributed by atoms with E-state index < -0.39 is 0 Å². The third-order valence-corrected chi connectivity index (χ3v) is 2.44.